The van der Waals surface area contributed by atoms with E-state index in [1.54, 1.807) is 6.92 Å². The van der Waals surface area contributed by atoms with E-state index in [1.165, 1.54) is 12.1 Å². The highest BCUT2D eigenvalue weighted by atomic mass is 35.5. The Morgan fingerprint density at radius 2 is 1.46 bits per heavy atom. The minimum atomic E-state index is -4.50. The second-order valence-corrected chi connectivity index (χ2v) is 3.42. The molecule has 0 saturated carbocycles. The van der Waals surface area contributed by atoms with Crippen LogP contribution >= 0.6 is 23.2 Å². The predicted octanol–water partition coefficient (Wildman–Crippen LogP) is 4.32. The molecule has 0 aromatic heterocycles. The van der Waals surface area contributed by atoms with Crippen LogP contribution in [-0.2, 0) is 6.18 Å². The van der Waals surface area contributed by atoms with Crippen LogP contribution in [0.15, 0.2) is 12.1 Å². The lowest BCUT2D eigenvalue weighted by atomic mass is 10.1. The molecule has 5 heteroatoms. The van der Waals surface area contributed by atoms with E-state index in [0.29, 0.717) is 5.56 Å². The highest BCUT2D eigenvalue weighted by Gasteiger charge is 2.35. The average Bonchev–Trinajstić information content (AvgIpc) is 1.78. The van der Waals surface area contributed by atoms with Crippen molar-refractivity contribution in [3.63, 3.8) is 0 Å². The fourth-order valence-electron chi connectivity index (χ4n) is 0.971. The molecule has 1 aromatic rings. The lowest BCUT2D eigenvalue weighted by Crippen LogP contribution is -2.07. The van der Waals surface area contributed by atoms with Crippen LogP contribution in [0, 0.1) is 6.92 Å². The van der Waals surface area contributed by atoms with Crippen LogP contribution in [0.2, 0.25) is 10.0 Å². The first-order valence-corrected chi connectivity index (χ1v) is 4.11. The third-order valence-electron chi connectivity index (χ3n) is 1.47. The molecule has 1 aromatic carbocycles. The predicted molar refractivity (Wildman–Crippen MR) is 46.2 cm³/mol. The van der Waals surface area contributed by atoms with Gasteiger partial charge in [-0.3, -0.25) is 0 Å². The van der Waals surface area contributed by atoms with Crippen molar-refractivity contribution >= 4 is 23.2 Å². The Kier molecular flexibility index (Phi) is 2.78. The van der Waals surface area contributed by atoms with Gasteiger partial charge in [-0.15, -0.1) is 0 Å². The van der Waals surface area contributed by atoms with E-state index < -0.39 is 11.7 Å². The number of rotatable bonds is 0. The van der Waals surface area contributed by atoms with Gasteiger partial charge in [-0.2, -0.15) is 13.2 Å². The van der Waals surface area contributed by atoms with Crippen molar-refractivity contribution in [3.05, 3.63) is 33.3 Å². The van der Waals surface area contributed by atoms with E-state index in [1.807, 2.05) is 0 Å². The molecular weight excluding hydrogens is 224 g/mol. The van der Waals surface area contributed by atoms with Gasteiger partial charge in [0.15, 0.2) is 0 Å². The van der Waals surface area contributed by atoms with E-state index in [0.717, 1.165) is 0 Å². The van der Waals surface area contributed by atoms with Gasteiger partial charge in [-0.1, -0.05) is 23.2 Å². The number of hydrogen-bond acceptors (Lipinski definition) is 0. The highest BCUT2D eigenvalue weighted by Crippen LogP contribution is 2.39. The zero-order valence-corrected chi connectivity index (χ0v) is 8.06. The van der Waals surface area contributed by atoms with Gasteiger partial charge in [0.1, 0.15) is 0 Å². The molecular formula is C8H5Cl2F3. The second kappa shape index (κ2) is 3.39. The molecule has 0 nitrogen and oxygen atoms in total. The molecule has 0 bridgehead atoms. The van der Waals surface area contributed by atoms with Gasteiger partial charge in [0.05, 0.1) is 15.6 Å². The maximum Gasteiger partial charge on any atom is 0.419 e. The summed E-state index contributed by atoms with van der Waals surface area (Å²) >= 11 is 10.8. The van der Waals surface area contributed by atoms with Gasteiger partial charge < -0.3 is 0 Å². The number of hydrogen-bond donors (Lipinski definition) is 0. The van der Waals surface area contributed by atoms with Gasteiger partial charge in [0.2, 0.25) is 0 Å². The summed E-state index contributed by atoms with van der Waals surface area (Å²) < 4.78 is 36.8. The molecule has 0 aliphatic carbocycles. The summed E-state index contributed by atoms with van der Waals surface area (Å²) in [5, 5.41) is -0.727. The molecule has 0 aliphatic heterocycles. The Labute approximate surface area is 83.3 Å². The Bertz CT molecular complexity index is 308. The molecule has 72 valence electrons. The van der Waals surface area contributed by atoms with Gasteiger partial charge in [-0.25, -0.2) is 0 Å². The summed E-state index contributed by atoms with van der Waals surface area (Å²) in [4.78, 5) is 0. The van der Waals surface area contributed by atoms with Crippen molar-refractivity contribution in [1.82, 2.24) is 0 Å². The van der Waals surface area contributed by atoms with E-state index in [9.17, 15) is 13.2 Å². The maximum absolute atomic E-state index is 12.3. The lowest BCUT2D eigenvalue weighted by Gasteiger charge is -2.11. The summed E-state index contributed by atoms with van der Waals surface area (Å²) in [6.45, 7) is 1.62. The molecule has 0 atom stereocenters. The first kappa shape index (κ1) is 10.7. The molecule has 0 heterocycles. The zero-order valence-electron chi connectivity index (χ0n) is 6.54. The van der Waals surface area contributed by atoms with E-state index in [4.69, 9.17) is 23.2 Å². The van der Waals surface area contributed by atoms with Gasteiger partial charge in [0, 0.05) is 0 Å². The first-order chi connectivity index (χ1) is 5.82. The number of halogens is 5. The second-order valence-electron chi connectivity index (χ2n) is 2.60. The molecule has 0 amide bonds. The molecule has 1 rings (SSSR count). The van der Waals surface area contributed by atoms with Gasteiger partial charge in [-0.05, 0) is 24.6 Å². The largest absolute Gasteiger partial charge is 0.419 e. The third kappa shape index (κ3) is 2.29. The Morgan fingerprint density at radius 1 is 1.08 bits per heavy atom. The summed E-state index contributed by atoms with van der Waals surface area (Å²) in [5.74, 6) is 0. The smallest absolute Gasteiger partial charge is 0.166 e. The van der Waals surface area contributed by atoms with Crippen molar-refractivity contribution in [3.8, 4) is 0 Å². The van der Waals surface area contributed by atoms with Crippen molar-refractivity contribution in [2.45, 2.75) is 13.1 Å². The van der Waals surface area contributed by atoms with Crippen molar-refractivity contribution in [1.29, 1.82) is 0 Å². The first-order valence-electron chi connectivity index (χ1n) is 3.35. The lowest BCUT2D eigenvalue weighted by molar-refractivity contribution is -0.137. The van der Waals surface area contributed by atoms with Crippen LogP contribution in [0.1, 0.15) is 11.1 Å². The van der Waals surface area contributed by atoms with Crippen LogP contribution in [-0.4, -0.2) is 0 Å². The fraction of sp³-hybridized carbons (Fsp3) is 0.250. The molecule has 0 spiro atoms. The number of alkyl halides is 3. The molecule has 0 saturated heterocycles. The van der Waals surface area contributed by atoms with Crippen LogP contribution in [0.4, 0.5) is 13.2 Å². The molecule has 0 aliphatic rings. The monoisotopic (exact) mass is 228 g/mol. The Hall–Kier alpha value is -0.410. The quantitative estimate of drug-likeness (QED) is 0.621. The minimum absolute atomic E-state index is 0.363. The molecule has 13 heavy (non-hydrogen) atoms. The van der Waals surface area contributed by atoms with Crippen molar-refractivity contribution < 1.29 is 13.2 Å². The van der Waals surface area contributed by atoms with Crippen LogP contribution in [0.3, 0.4) is 0 Å². The molecule has 0 N–H and O–H groups in total. The topological polar surface area (TPSA) is 0 Å². The summed E-state index contributed by atoms with van der Waals surface area (Å²) in [6, 6.07) is 2.46. The third-order valence-corrected chi connectivity index (χ3v) is 2.07. The summed E-state index contributed by atoms with van der Waals surface area (Å²) in [5.41, 5.74) is -0.371. The van der Waals surface area contributed by atoms with Crippen molar-refractivity contribution in [2.75, 3.05) is 0 Å². The molecule has 0 unspecified atom stereocenters. The SMILES string of the molecule is Cc1cc(Cl)c(C(F)(F)F)c(Cl)c1. The number of benzene rings is 1. The number of aryl methyl sites for hydroxylation is 1. The fourth-order valence-corrected chi connectivity index (χ4v) is 1.78. The Morgan fingerprint density at radius 3 is 1.77 bits per heavy atom. The average molecular weight is 229 g/mol. The van der Waals surface area contributed by atoms with E-state index in [-0.39, 0.29) is 10.0 Å². The van der Waals surface area contributed by atoms with Crippen molar-refractivity contribution in [2.24, 2.45) is 0 Å². The van der Waals surface area contributed by atoms with Gasteiger partial charge >= 0.3 is 6.18 Å². The van der Waals surface area contributed by atoms with E-state index >= 15 is 0 Å². The maximum atomic E-state index is 12.3. The summed E-state index contributed by atoms with van der Waals surface area (Å²) in [6.07, 6.45) is -4.50. The van der Waals surface area contributed by atoms with Gasteiger partial charge in [0.25, 0.3) is 0 Å². The minimum Gasteiger partial charge on any atom is -0.166 e. The highest BCUT2D eigenvalue weighted by molar-refractivity contribution is 6.36. The molecule has 0 radical (unpaired) electrons. The summed E-state index contributed by atoms with van der Waals surface area (Å²) in [7, 11) is 0. The van der Waals surface area contributed by atoms with Crippen LogP contribution in [0.25, 0.3) is 0 Å². The van der Waals surface area contributed by atoms with Crippen LogP contribution < -0.4 is 0 Å². The molecule has 0 fully saturated rings. The Balaban J connectivity index is 3.38. The zero-order chi connectivity index (χ0) is 10.2. The standard InChI is InChI=1S/C8H5Cl2F3/c1-4-2-5(9)7(6(10)3-4)8(11,12)13/h2-3H,1H3. The van der Waals surface area contributed by atoms with Crippen LogP contribution in [0.5, 0.6) is 0 Å². The van der Waals surface area contributed by atoms with E-state index in [2.05, 4.69) is 0 Å². The normalized spacial score (nSPS) is 11.8.